The van der Waals surface area contributed by atoms with Gasteiger partial charge in [-0.1, -0.05) is 11.6 Å². The summed E-state index contributed by atoms with van der Waals surface area (Å²) in [4.78, 5) is 12.9. The smallest absolute Gasteiger partial charge is 0.335 e. The van der Waals surface area contributed by atoms with Gasteiger partial charge in [-0.3, -0.25) is 0 Å². The van der Waals surface area contributed by atoms with E-state index in [1.807, 2.05) is 0 Å². The van der Waals surface area contributed by atoms with Crippen molar-refractivity contribution in [3.05, 3.63) is 28.8 Å². The first-order chi connectivity index (χ1) is 9.90. The molecular formula is C13H17ClN2O4S. The van der Waals surface area contributed by atoms with Crippen molar-refractivity contribution >= 4 is 27.6 Å². The predicted octanol–water partition coefficient (Wildman–Crippen LogP) is 1.41. The van der Waals surface area contributed by atoms with Crippen molar-refractivity contribution in [1.29, 1.82) is 0 Å². The number of carbonyl (C=O) groups is 1. The van der Waals surface area contributed by atoms with Crippen LogP contribution < -0.4 is 4.72 Å². The number of benzene rings is 1. The molecule has 8 heteroatoms. The van der Waals surface area contributed by atoms with Gasteiger partial charge in [0.2, 0.25) is 10.0 Å². The molecule has 1 heterocycles. The van der Waals surface area contributed by atoms with Crippen molar-refractivity contribution in [2.24, 2.45) is 0 Å². The number of hydrogen-bond donors (Lipinski definition) is 2. The molecule has 1 aliphatic heterocycles. The number of nitrogens with one attached hydrogen (secondary N) is 1. The molecule has 6 nitrogen and oxygen atoms in total. The van der Waals surface area contributed by atoms with Gasteiger partial charge in [0, 0.05) is 13.1 Å². The number of hydrogen-bond acceptors (Lipinski definition) is 4. The van der Waals surface area contributed by atoms with Gasteiger partial charge >= 0.3 is 5.97 Å². The molecule has 2 N–H and O–H groups in total. The maximum absolute atomic E-state index is 12.2. The Labute approximate surface area is 128 Å². The molecule has 0 unspecified atom stereocenters. The van der Waals surface area contributed by atoms with Crippen LogP contribution in [0.5, 0.6) is 0 Å². The van der Waals surface area contributed by atoms with Crippen molar-refractivity contribution in [1.82, 2.24) is 9.62 Å². The van der Waals surface area contributed by atoms with Crippen molar-refractivity contribution in [3.63, 3.8) is 0 Å². The molecule has 0 aromatic heterocycles. The van der Waals surface area contributed by atoms with E-state index in [1.54, 1.807) is 0 Å². The van der Waals surface area contributed by atoms with Gasteiger partial charge in [0.15, 0.2) is 0 Å². The minimum atomic E-state index is -3.81. The quantitative estimate of drug-likeness (QED) is 0.822. The third-order valence-corrected chi connectivity index (χ3v) is 5.33. The third kappa shape index (κ3) is 4.16. The van der Waals surface area contributed by atoms with Gasteiger partial charge in [0.25, 0.3) is 0 Å². The van der Waals surface area contributed by atoms with Crippen LogP contribution in [0.3, 0.4) is 0 Å². The lowest BCUT2D eigenvalue weighted by molar-refractivity contribution is 0.0696. The first-order valence-corrected chi connectivity index (χ1v) is 8.51. The summed E-state index contributed by atoms with van der Waals surface area (Å²) >= 11 is 5.87. The summed E-state index contributed by atoms with van der Waals surface area (Å²) < 4.78 is 26.9. The van der Waals surface area contributed by atoms with Crippen molar-refractivity contribution in [3.8, 4) is 0 Å². The predicted molar refractivity (Wildman–Crippen MR) is 79.3 cm³/mol. The molecule has 0 amide bonds. The molecule has 0 aliphatic carbocycles. The highest BCUT2D eigenvalue weighted by molar-refractivity contribution is 7.89. The van der Waals surface area contributed by atoms with Gasteiger partial charge < -0.3 is 10.0 Å². The van der Waals surface area contributed by atoms with E-state index in [2.05, 4.69) is 9.62 Å². The van der Waals surface area contributed by atoms with Crippen molar-refractivity contribution in [2.75, 3.05) is 26.2 Å². The fourth-order valence-electron chi connectivity index (χ4n) is 2.26. The summed E-state index contributed by atoms with van der Waals surface area (Å²) in [6.07, 6.45) is 2.28. The summed E-state index contributed by atoms with van der Waals surface area (Å²) in [5.74, 6) is -1.19. The lowest BCUT2D eigenvalue weighted by atomic mass is 10.2. The van der Waals surface area contributed by atoms with E-state index in [0.29, 0.717) is 6.54 Å². The molecule has 0 saturated carbocycles. The van der Waals surface area contributed by atoms with Crippen LogP contribution in [0.15, 0.2) is 23.1 Å². The van der Waals surface area contributed by atoms with E-state index >= 15 is 0 Å². The Bertz CT molecular complexity index is 627. The van der Waals surface area contributed by atoms with E-state index < -0.39 is 16.0 Å². The van der Waals surface area contributed by atoms with Crippen LogP contribution in [0.1, 0.15) is 23.2 Å². The Morgan fingerprint density at radius 2 is 2.00 bits per heavy atom. The minimum Gasteiger partial charge on any atom is -0.478 e. The molecule has 1 aromatic carbocycles. The molecule has 1 saturated heterocycles. The molecule has 1 fully saturated rings. The van der Waals surface area contributed by atoms with Crippen molar-refractivity contribution < 1.29 is 18.3 Å². The average molecular weight is 333 g/mol. The number of nitrogens with zero attached hydrogens (tertiary/aromatic N) is 1. The summed E-state index contributed by atoms with van der Waals surface area (Å²) in [5, 5.41) is 8.93. The summed E-state index contributed by atoms with van der Waals surface area (Å²) in [7, 11) is -3.81. The highest BCUT2D eigenvalue weighted by Gasteiger charge is 2.20. The lowest BCUT2D eigenvalue weighted by Crippen LogP contribution is -2.33. The van der Waals surface area contributed by atoms with E-state index in [0.717, 1.165) is 32.0 Å². The molecule has 0 spiro atoms. The monoisotopic (exact) mass is 332 g/mol. The number of carboxylic acids is 1. The zero-order valence-electron chi connectivity index (χ0n) is 11.4. The van der Waals surface area contributed by atoms with Crippen LogP contribution in [0.2, 0.25) is 5.02 Å². The fraction of sp³-hybridized carbons (Fsp3) is 0.462. The maximum Gasteiger partial charge on any atom is 0.335 e. The highest BCUT2D eigenvalue weighted by atomic mass is 35.5. The van der Waals surface area contributed by atoms with E-state index in [1.165, 1.54) is 12.1 Å². The Morgan fingerprint density at radius 1 is 1.33 bits per heavy atom. The second-order valence-electron chi connectivity index (χ2n) is 4.90. The molecule has 0 radical (unpaired) electrons. The minimum absolute atomic E-state index is 0.00803. The van der Waals surface area contributed by atoms with Crippen LogP contribution in [-0.2, 0) is 10.0 Å². The second kappa shape index (κ2) is 6.74. The zero-order valence-corrected chi connectivity index (χ0v) is 13.0. The number of sulfonamides is 1. The average Bonchev–Trinajstić information content (AvgIpc) is 2.91. The molecule has 1 aromatic rings. The largest absolute Gasteiger partial charge is 0.478 e. The molecule has 0 atom stereocenters. The van der Waals surface area contributed by atoms with Crippen LogP contribution in [-0.4, -0.2) is 50.6 Å². The van der Waals surface area contributed by atoms with Gasteiger partial charge in [0.1, 0.15) is 4.90 Å². The standard InChI is InChI=1S/C13H17ClN2O4S/c14-11-4-3-10(13(17)18)9-12(11)21(19,20)15-5-8-16-6-1-2-7-16/h3-4,9,15H,1-2,5-8H2,(H,17,18). The van der Waals surface area contributed by atoms with Gasteiger partial charge in [0.05, 0.1) is 10.6 Å². The van der Waals surface area contributed by atoms with Gasteiger partial charge in [-0.05, 0) is 44.1 Å². The van der Waals surface area contributed by atoms with Crippen LogP contribution in [0, 0.1) is 0 Å². The van der Waals surface area contributed by atoms with Crippen LogP contribution in [0.25, 0.3) is 0 Å². The Hall–Kier alpha value is -1.15. The van der Waals surface area contributed by atoms with Crippen molar-refractivity contribution in [2.45, 2.75) is 17.7 Å². The first kappa shape index (κ1) is 16.2. The molecule has 1 aliphatic rings. The lowest BCUT2D eigenvalue weighted by Gasteiger charge is -2.15. The topological polar surface area (TPSA) is 86.7 Å². The SMILES string of the molecule is O=C(O)c1ccc(Cl)c(S(=O)(=O)NCCN2CCCC2)c1. The van der Waals surface area contributed by atoms with E-state index in [4.69, 9.17) is 16.7 Å². The summed E-state index contributed by atoms with van der Waals surface area (Å²) in [5.41, 5.74) is -0.112. The van der Waals surface area contributed by atoms with Crippen LogP contribution >= 0.6 is 11.6 Å². The van der Waals surface area contributed by atoms with E-state index in [-0.39, 0.29) is 22.0 Å². The number of likely N-dealkylation sites (tertiary alicyclic amines) is 1. The number of carboxylic acid groups (broad SMARTS) is 1. The Morgan fingerprint density at radius 3 is 2.62 bits per heavy atom. The number of rotatable bonds is 6. The number of halogens is 1. The van der Waals surface area contributed by atoms with Gasteiger partial charge in [-0.15, -0.1) is 0 Å². The molecule has 116 valence electrons. The fourth-order valence-corrected chi connectivity index (χ4v) is 3.81. The Balaban J connectivity index is 2.07. The summed E-state index contributed by atoms with van der Waals surface area (Å²) in [6, 6.07) is 3.62. The maximum atomic E-state index is 12.2. The third-order valence-electron chi connectivity index (χ3n) is 3.39. The number of aromatic carboxylic acids is 1. The second-order valence-corrected chi connectivity index (χ2v) is 7.04. The normalized spacial score (nSPS) is 16.2. The summed E-state index contributed by atoms with van der Waals surface area (Å²) in [6.45, 7) is 2.87. The van der Waals surface area contributed by atoms with E-state index in [9.17, 15) is 13.2 Å². The zero-order chi connectivity index (χ0) is 15.5. The molecule has 0 bridgehead atoms. The first-order valence-electron chi connectivity index (χ1n) is 6.65. The van der Waals surface area contributed by atoms with Gasteiger partial charge in [-0.25, -0.2) is 17.9 Å². The molecule has 2 rings (SSSR count). The Kier molecular flexibility index (Phi) is 5.21. The molecule has 21 heavy (non-hydrogen) atoms. The van der Waals surface area contributed by atoms with Crippen LogP contribution in [0.4, 0.5) is 0 Å². The molecular weight excluding hydrogens is 316 g/mol. The highest BCUT2D eigenvalue weighted by Crippen LogP contribution is 2.22. The van der Waals surface area contributed by atoms with Gasteiger partial charge in [-0.2, -0.15) is 0 Å².